The summed E-state index contributed by atoms with van der Waals surface area (Å²) in [6.45, 7) is 5.38. The summed E-state index contributed by atoms with van der Waals surface area (Å²) in [5, 5.41) is 4.53. The molecule has 3 unspecified atom stereocenters. The highest BCUT2D eigenvalue weighted by molar-refractivity contribution is 7.09. The van der Waals surface area contributed by atoms with Crippen LogP contribution < -0.4 is 5.32 Å². The summed E-state index contributed by atoms with van der Waals surface area (Å²) < 4.78 is 9.39. The summed E-state index contributed by atoms with van der Waals surface area (Å²) in [7, 11) is 1.70. The van der Waals surface area contributed by atoms with Crippen LogP contribution >= 0.6 is 11.5 Å². The van der Waals surface area contributed by atoms with E-state index in [9.17, 15) is 0 Å². The van der Waals surface area contributed by atoms with Gasteiger partial charge in [-0.15, -0.1) is 0 Å². The fourth-order valence-electron chi connectivity index (χ4n) is 2.55. The number of ether oxygens (including phenoxy) is 1. The molecule has 0 saturated heterocycles. The Bertz CT molecular complexity index is 369. The van der Waals surface area contributed by atoms with E-state index in [4.69, 9.17) is 4.74 Å². The molecule has 1 aromatic heterocycles. The molecular formula is C13H23N3OS. The molecule has 1 saturated carbocycles. The highest BCUT2D eigenvalue weighted by Gasteiger charge is 2.27. The van der Waals surface area contributed by atoms with Gasteiger partial charge in [-0.25, -0.2) is 4.98 Å². The predicted octanol–water partition coefficient (Wildman–Crippen LogP) is 2.96. The molecule has 1 aliphatic carbocycles. The first-order valence-electron chi connectivity index (χ1n) is 6.78. The standard InChI is InChI=1S/C13H23N3OS/c1-9-5-4-6-11(10(9)2)14-13-15-12(16-18-13)7-8-17-3/h9-11H,4-8H2,1-3H3,(H,14,15,16). The lowest BCUT2D eigenvalue weighted by Crippen LogP contribution is -2.34. The van der Waals surface area contributed by atoms with Crippen LogP contribution in [0, 0.1) is 11.8 Å². The van der Waals surface area contributed by atoms with E-state index in [1.807, 2.05) is 0 Å². The largest absolute Gasteiger partial charge is 0.384 e. The highest BCUT2D eigenvalue weighted by Crippen LogP contribution is 2.31. The Labute approximate surface area is 113 Å². The first-order valence-corrected chi connectivity index (χ1v) is 7.56. The van der Waals surface area contributed by atoms with Gasteiger partial charge >= 0.3 is 0 Å². The molecule has 0 amide bonds. The Balaban J connectivity index is 1.90. The predicted molar refractivity (Wildman–Crippen MR) is 75.1 cm³/mol. The summed E-state index contributed by atoms with van der Waals surface area (Å²) in [4.78, 5) is 4.52. The second-order valence-corrected chi connectivity index (χ2v) is 6.03. The van der Waals surface area contributed by atoms with E-state index >= 15 is 0 Å². The fourth-order valence-corrected chi connectivity index (χ4v) is 3.23. The van der Waals surface area contributed by atoms with Crippen LogP contribution in [-0.2, 0) is 11.2 Å². The van der Waals surface area contributed by atoms with Crippen LogP contribution in [0.1, 0.15) is 38.9 Å². The topological polar surface area (TPSA) is 47.0 Å². The van der Waals surface area contributed by atoms with Crippen molar-refractivity contribution in [1.82, 2.24) is 9.36 Å². The molecule has 102 valence electrons. The van der Waals surface area contributed by atoms with Gasteiger partial charge in [-0.1, -0.05) is 26.7 Å². The SMILES string of the molecule is COCCc1nsc(NC2CCCC(C)C2C)n1. The molecule has 18 heavy (non-hydrogen) atoms. The number of hydrogen-bond donors (Lipinski definition) is 1. The molecule has 1 aliphatic rings. The minimum atomic E-state index is 0.553. The van der Waals surface area contributed by atoms with Gasteiger partial charge in [-0.3, -0.25) is 0 Å². The first-order chi connectivity index (χ1) is 8.70. The maximum Gasteiger partial charge on any atom is 0.202 e. The number of hydrogen-bond acceptors (Lipinski definition) is 5. The zero-order valence-electron chi connectivity index (χ0n) is 11.5. The monoisotopic (exact) mass is 269 g/mol. The lowest BCUT2D eigenvalue weighted by molar-refractivity contribution is 0.201. The average molecular weight is 269 g/mol. The third kappa shape index (κ3) is 3.42. The maximum atomic E-state index is 5.04. The molecule has 1 N–H and O–H groups in total. The zero-order chi connectivity index (χ0) is 13.0. The van der Waals surface area contributed by atoms with E-state index in [1.165, 1.54) is 30.8 Å². The third-order valence-electron chi connectivity index (χ3n) is 4.01. The van der Waals surface area contributed by atoms with E-state index in [-0.39, 0.29) is 0 Å². The van der Waals surface area contributed by atoms with Gasteiger partial charge in [0.05, 0.1) is 6.61 Å². The van der Waals surface area contributed by atoms with Gasteiger partial charge in [-0.05, 0) is 18.3 Å². The van der Waals surface area contributed by atoms with Crippen molar-refractivity contribution in [2.75, 3.05) is 19.0 Å². The van der Waals surface area contributed by atoms with Gasteiger partial charge in [0, 0.05) is 31.1 Å². The number of methoxy groups -OCH3 is 1. The highest BCUT2D eigenvalue weighted by atomic mass is 32.1. The summed E-state index contributed by atoms with van der Waals surface area (Å²) in [6.07, 6.45) is 4.72. The normalized spacial score (nSPS) is 28.3. The molecule has 0 aromatic carbocycles. The van der Waals surface area contributed by atoms with E-state index in [0.29, 0.717) is 18.6 Å². The molecule has 0 spiro atoms. The molecule has 5 heteroatoms. The fraction of sp³-hybridized carbons (Fsp3) is 0.846. The van der Waals surface area contributed by atoms with Crippen molar-refractivity contribution in [3.05, 3.63) is 5.82 Å². The van der Waals surface area contributed by atoms with Gasteiger partial charge in [0.25, 0.3) is 0 Å². The number of anilines is 1. The summed E-state index contributed by atoms with van der Waals surface area (Å²) in [5.74, 6) is 2.41. The Morgan fingerprint density at radius 1 is 1.39 bits per heavy atom. The molecule has 2 rings (SSSR count). The number of rotatable bonds is 5. The summed E-state index contributed by atoms with van der Waals surface area (Å²) in [5.41, 5.74) is 0. The average Bonchev–Trinajstić information content (AvgIpc) is 2.80. The minimum absolute atomic E-state index is 0.553. The van der Waals surface area contributed by atoms with E-state index in [0.717, 1.165) is 23.3 Å². The second-order valence-electron chi connectivity index (χ2n) is 5.28. The summed E-state index contributed by atoms with van der Waals surface area (Å²) in [6, 6.07) is 0.553. The van der Waals surface area contributed by atoms with Gasteiger partial charge in [0.15, 0.2) is 0 Å². The van der Waals surface area contributed by atoms with Crippen molar-refractivity contribution >= 4 is 16.7 Å². The third-order valence-corrected chi connectivity index (χ3v) is 4.70. The van der Waals surface area contributed by atoms with E-state index in [2.05, 4.69) is 28.5 Å². The zero-order valence-corrected chi connectivity index (χ0v) is 12.3. The Morgan fingerprint density at radius 3 is 3.00 bits per heavy atom. The number of nitrogens with one attached hydrogen (secondary N) is 1. The van der Waals surface area contributed by atoms with Crippen molar-refractivity contribution in [3.8, 4) is 0 Å². The summed E-state index contributed by atoms with van der Waals surface area (Å²) >= 11 is 1.47. The number of nitrogens with zero attached hydrogens (tertiary/aromatic N) is 2. The van der Waals surface area contributed by atoms with Gasteiger partial charge in [0.2, 0.25) is 5.13 Å². The quantitative estimate of drug-likeness (QED) is 0.892. The van der Waals surface area contributed by atoms with Crippen LogP contribution in [0.25, 0.3) is 0 Å². The Kier molecular flexibility index (Phi) is 4.95. The smallest absolute Gasteiger partial charge is 0.202 e. The van der Waals surface area contributed by atoms with Crippen molar-refractivity contribution in [1.29, 1.82) is 0 Å². The molecule has 0 bridgehead atoms. The van der Waals surface area contributed by atoms with Crippen molar-refractivity contribution < 1.29 is 4.74 Å². The molecule has 0 aliphatic heterocycles. The van der Waals surface area contributed by atoms with Crippen LogP contribution in [0.5, 0.6) is 0 Å². The van der Waals surface area contributed by atoms with Crippen LogP contribution in [0.3, 0.4) is 0 Å². The van der Waals surface area contributed by atoms with Crippen molar-refractivity contribution in [2.24, 2.45) is 11.8 Å². The maximum absolute atomic E-state index is 5.04. The molecule has 1 fully saturated rings. The molecule has 4 nitrogen and oxygen atoms in total. The van der Waals surface area contributed by atoms with Gasteiger partial charge < -0.3 is 10.1 Å². The molecule has 0 radical (unpaired) electrons. The Morgan fingerprint density at radius 2 is 2.22 bits per heavy atom. The van der Waals surface area contributed by atoms with E-state index < -0.39 is 0 Å². The van der Waals surface area contributed by atoms with Crippen molar-refractivity contribution in [3.63, 3.8) is 0 Å². The first kappa shape index (κ1) is 13.7. The van der Waals surface area contributed by atoms with Gasteiger partial charge in [0.1, 0.15) is 5.82 Å². The van der Waals surface area contributed by atoms with Crippen LogP contribution in [0.2, 0.25) is 0 Å². The van der Waals surface area contributed by atoms with Crippen molar-refractivity contribution in [2.45, 2.75) is 45.6 Å². The molecule has 1 heterocycles. The van der Waals surface area contributed by atoms with Crippen LogP contribution in [0.15, 0.2) is 0 Å². The van der Waals surface area contributed by atoms with Crippen LogP contribution in [0.4, 0.5) is 5.13 Å². The minimum Gasteiger partial charge on any atom is -0.384 e. The van der Waals surface area contributed by atoms with Gasteiger partial charge in [-0.2, -0.15) is 4.37 Å². The second kappa shape index (κ2) is 6.48. The Hall–Kier alpha value is -0.680. The molecular weight excluding hydrogens is 246 g/mol. The molecule has 3 atom stereocenters. The molecule has 1 aromatic rings. The van der Waals surface area contributed by atoms with Crippen LogP contribution in [-0.4, -0.2) is 29.1 Å². The lowest BCUT2D eigenvalue weighted by Gasteiger charge is -2.34. The number of aromatic nitrogens is 2. The lowest BCUT2D eigenvalue weighted by atomic mass is 9.78. The van der Waals surface area contributed by atoms with E-state index in [1.54, 1.807) is 7.11 Å².